The van der Waals surface area contributed by atoms with E-state index in [0.717, 1.165) is 6.07 Å². The minimum Gasteiger partial charge on any atom is -0.491 e. The van der Waals surface area contributed by atoms with E-state index < -0.39 is 29.1 Å². The molecule has 4 rings (SSSR count). The molecule has 0 saturated carbocycles. The van der Waals surface area contributed by atoms with Gasteiger partial charge >= 0.3 is 5.97 Å². The van der Waals surface area contributed by atoms with E-state index in [1.807, 2.05) is 0 Å². The molecule has 0 bridgehead atoms. The lowest BCUT2D eigenvalue weighted by Crippen LogP contribution is -2.24. The number of carboxylic acids is 1. The van der Waals surface area contributed by atoms with Gasteiger partial charge in [0.1, 0.15) is 24.1 Å². The van der Waals surface area contributed by atoms with E-state index in [-0.39, 0.29) is 29.7 Å². The number of alkyl halides is 2. The molecule has 0 unspecified atom stereocenters. The number of benzene rings is 2. The van der Waals surface area contributed by atoms with E-state index in [0.29, 0.717) is 21.9 Å². The summed E-state index contributed by atoms with van der Waals surface area (Å²) in [6.07, 6.45) is -0.310. The fourth-order valence-electron chi connectivity index (χ4n) is 3.54. The number of fused-ring (bicyclic) bond motifs is 1. The molecule has 0 radical (unpaired) electrons. The number of ether oxygens (including phenoxy) is 1. The maximum absolute atomic E-state index is 13.3. The SMILES string of the molecule is N#Cc1c(C(F)F)ccc2ncn(CCOc3ccc(Cl)cc3-c3ccnc(C(=O)O)c3)c(=O)c12. The lowest BCUT2D eigenvalue weighted by atomic mass is 10.0. The number of halogens is 3. The molecule has 0 fully saturated rings. The largest absolute Gasteiger partial charge is 0.491 e. The van der Waals surface area contributed by atoms with Crippen LogP contribution in [0.5, 0.6) is 5.75 Å². The van der Waals surface area contributed by atoms with Gasteiger partial charge in [0, 0.05) is 22.3 Å². The fraction of sp³-hybridized carbons (Fsp3) is 0.125. The van der Waals surface area contributed by atoms with Gasteiger partial charge in [-0.3, -0.25) is 9.36 Å². The zero-order chi connectivity index (χ0) is 25.1. The Labute approximate surface area is 201 Å². The van der Waals surface area contributed by atoms with Crippen molar-refractivity contribution in [3.05, 3.63) is 87.2 Å². The molecule has 0 saturated heterocycles. The van der Waals surface area contributed by atoms with Crippen molar-refractivity contribution < 1.29 is 23.4 Å². The minimum atomic E-state index is -2.91. The van der Waals surface area contributed by atoms with Crippen LogP contribution in [0.1, 0.15) is 28.0 Å². The Kier molecular flexibility index (Phi) is 6.71. The summed E-state index contributed by atoms with van der Waals surface area (Å²) in [6.45, 7) is -0.0145. The number of carbonyl (C=O) groups is 1. The summed E-state index contributed by atoms with van der Waals surface area (Å²) in [5.41, 5.74) is -0.570. The summed E-state index contributed by atoms with van der Waals surface area (Å²) in [5.74, 6) is -0.817. The summed E-state index contributed by atoms with van der Waals surface area (Å²) in [7, 11) is 0. The first-order valence-corrected chi connectivity index (χ1v) is 10.5. The lowest BCUT2D eigenvalue weighted by molar-refractivity contribution is 0.0690. The fourth-order valence-corrected chi connectivity index (χ4v) is 3.72. The van der Waals surface area contributed by atoms with Crippen LogP contribution in [0.4, 0.5) is 8.78 Å². The molecule has 8 nitrogen and oxygen atoms in total. The second kappa shape index (κ2) is 9.87. The quantitative estimate of drug-likeness (QED) is 0.394. The van der Waals surface area contributed by atoms with Crippen molar-refractivity contribution in [2.24, 2.45) is 0 Å². The molecule has 0 aliphatic rings. The van der Waals surface area contributed by atoms with Gasteiger partial charge in [0.2, 0.25) is 0 Å². The van der Waals surface area contributed by atoms with Crippen LogP contribution in [0.25, 0.3) is 22.0 Å². The van der Waals surface area contributed by atoms with Crippen molar-refractivity contribution in [1.82, 2.24) is 14.5 Å². The molecule has 2 heterocycles. The molecule has 0 atom stereocenters. The molecular formula is C24H15ClF2N4O4. The van der Waals surface area contributed by atoms with E-state index in [1.54, 1.807) is 30.3 Å². The number of aromatic carboxylic acids is 1. The number of nitriles is 1. The number of hydrogen-bond acceptors (Lipinski definition) is 6. The molecular weight excluding hydrogens is 482 g/mol. The Morgan fingerprint density at radius 1 is 1.20 bits per heavy atom. The average molecular weight is 497 g/mol. The van der Waals surface area contributed by atoms with Crippen molar-refractivity contribution in [2.45, 2.75) is 13.0 Å². The Morgan fingerprint density at radius 2 is 2.00 bits per heavy atom. The summed E-state index contributed by atoms with van der Waals surface area (Å²) in [6, 6.07) is 11.8. The number of aromatic nitrogens is 3. The van der Waals surface area contributed by atoms with Gasteiger partial charge in [-0.1, -0.05) is 11.6 Å². The van der Waals surface area contributed by atoms with Crippen LogP contribution in [0.3, 0.4) is 0 Å². The summed E-state index contributed by atoms with van der Waals surface area (Å²) in [5, 5.41) is 18.8. The predicted molar refractivity (Wildman–Crippen MR) is 123 cm³/mol. The van der Waals surface area contributed by atoms with Gasteiger partial charge in [-0.05, 0) is 48.0 Å². The van der Waals surface area contributed by atoms with Crippen molar-refractivity contribution in [3.63, 3.8) is 0 Å². The molecule has 0 aliphatic heterocycles. The van der Waals surface area contributed by atoms with Crippen LogP contribution in [0.2, 0.25) is 5.02 Å². The van der Waals surface area contributed by atoms with E-state index >= 15 is 0 Å². The third-order valence-electron chi connectivity index (χ3n) is 5.19. The van der Waals surface area contributed by atoms with Crippen molar-refractivity contribution in [1.29, 1.82) is 5.26 Å². The van der Waals surface area contributed by atoms with E-state index in [2.05, 4.69) is 9.97 Å². The first-order chi connectivity index (χ1) is 16.8. The molecule has 4 aromatic rings. The standard InChI is InChI=1S/C24H15ClF2N4O4/c25-14-1-4-20(16(10-14)13-5-6-29-19(9-13)24(33)34)35-8-7-31-12-30-18-3-2-15(22(26)27)17(11-28)21(18)23(31)32/h1-6,9-10,12,22H,7-8H2,(H,33,34). The smallest absolute Gasteiger partial charge is 0.354 e. The monoisotopic (exact) mass is 496 g/mol. The number of pyridine rings is 1. The highest BCUT2D eigenvalue weighted by Crippen LogP contribution is 2.33. The normalized spacial score (nSPS) is 10.9. The van der Waals surface area contributed by atoms with Crippen LogP contribution in [-0.2, 0) is 6.54 Å². The third kappa shape index (κ3) is 4.81. The highest BCUT2D eigenvalue weighted by molar-refractivity contribution is 6.31. The molecule has 0 aliphatic carbocycles. The zero-order valence-electron chi connectivity index (χ0n) is 17.8. The van der Waals surface area contributed by atoms with Gasteiger partial charge in [0.15, 0.2) is 0 Å². The number of rotatable bonds is 7. The highest BCUT2D eigenvalue weighted by Gasteiger charge is 2.19. The first-order valence-electron chi connectivity index (χ1n) is 10.1. The Morgan fingerprint density at radius 3 is 2.71 bits per heavy atom. The Bertz CT molecular complexity index is 1550. The Balaban J connectivity index is 1.63. The van der Waals surface area contributed by atoms with Crippen LogP contribution in [0.15, 0.2) is 59.8 Å². The third-order valence-corrected chi connectivity index (χ3v) is 5.43. The van der Waals surface area contributed by atoms with Gasteiger partial charge in [0.25, 0.3) is 12.0 Å². The number of nitrogens with zero attached hydrogens (tertiary/aromatic N) is 4. The van der Waals surface area contributed by atoms with Crippen molar-refractivity contribution >= 4 is 28.5 Å². The lowest BCUT2D eigenvalue weighted by Gasteiger charge is -2.14. The molecule has 176 valence electrons. The zero-order valence-corrected chi connectivity index (χ0v) is 18.5. The highest BCUT2D eigenvalue weighted by atomic mass is 35.5. The van der Waals surface area contributed by atoms with E-state index in [9.17, 15) is 28.7 Å². The van der Waals surface area contributed by atoms with E-state index in [4.69, 9.17) is 16.3 Å². The molecule has 0 spiro atoms. The predicted octanol–water partition coefficient (Wildman–Crippen LogP) is 4.70. The topological polar surface area (TPSA) is 118 Å². The Hall–Kier alpha value is -4.36. The first kappa shape index (κ1) is 23.8. The molecule has 11 heteroatoms. The molecule has 0 amide bonds. The van der Waals surface area contributed by atoms with Crippen LogP contribution >= 0.6 is 11.6 Å². The second-order valence-electron chi connectivity index (χ2n) is 7.30. The van der Waals surface area contributed by atoms with E-state index in [1.165, 1.54) is 29.2 Å². The molecule has 2 aromatic heterocycles. The van der Waals surface area contributed by atoms with Gasteiger partial charge in [0.05, 0.1) is 29.3 Å². The summed E-state index contributed by atoms with van der Waals surface area (Å²) >= 11 is 6.12. The van der Waals surface area contributed by atoms with Crippen LogP contribution in [-0.4, -0.2) is 32.2 Å². The van der Waals surface area contributed by atoms with Crippen molar-refractivity contribution in [2.75, 3.05) is 6.61 Å². The molecule has 1 N–H and O–H groups in total. The second-order valence-corrected chi connectivity index (χ2v) is 7.74. The number of carboxylic acid groups (broad SMARTS) is 1. The molecule has 35 heavy (non-hydrogen) atoms. The van der Waals surface area contributed by atoms with Gasteiger partial charge in [-0.15, -0.1) is 0 Å². The van der Waals surface area contributed by atoms with Gasteiger partial charge in [-0.2, -0.15) is 5.26 Å². The number of hydrogen-bond donors (Lipinski definition) is 1. The van der Waals surface area contributed by atoms with Crippen LogP contribution < -0.4 is 10.3 Å². The van der Waals surface area contributed by atoms with Crippen LogP contribution in [0, 0.1) is 11.3 Å². The maximum Gasteiger partial charge on any atom is 0.354 e. The van der Waals surface area contributed by atoms with Gasteiger partial charge < -0.3 is 9.84 Å². The summed E-state index contributed by atoms with van der Waals surface area (Å²) < 4.78 is 33.6. The maximum atomic E-state index is 13.3. The molecule has 2 aromatic carbocycles. The average Bonchev–Trinajstić information content (AvgIpc) is 2.85. The van der Waals surface area contributed by atoms with Crippen molar-refractivity contribution in [3.8, 4) is 22.9 Å². The summed E-state index contributed by atoms with van der Waals surface area (Å²) in [4.78, 5) is 32.1. The minimum absolute atomic E-state index is 0.00430. The van der Waals surface area contributed by atoms with Gasteiger partial charge in [-0.25, -0.2) is 23.5 Å².